The van der Waals surface area contributed by atoms with Crippen molar-refractivity contribution >= 4 is 11.6 Å². The molecule has 2 N–H and O–H groups in total. The molecule has 0 saturated carbocycles. The lowest BCUT2D eigenvalue weighted by Gasteiger charge is -2.17. The minimum Gasteiger partial charge on any atom is -0.373 e. The molecule has 0 fully saturated rings. The number of nitrogens with zero attached hydrogens (tertiary/aromatic N) is 1. The minimum atomic E-state index is -0.373. The molecule has 1 amide bonds. The molecule has 0 spiro atoms. The molecular weight excluding hydrogens is 226 g/mol. The molecule has 1 aromatic carbocycles. The Morgan fingerprint density at radius 3 is 2.56 bits per heavy atom. The SMILES string of the molecule is Cc1ccc(NC(C)C(=O)NC(C)C)c(C#N)c1. The normalized spacial score (nSPS) is 11.8. The maximum atomic E-state index is 11.8. The van der Waals surface area contributed by atoms with Gasteiger partial charge in [0, 0.05) is 6.04 Å². The lowest BCUT2D eigenvalue weighted by Crippen LogP contribution is -2.41. The van der Waals surface area contributed by atoms with Crippen LogP contribution in [0.5, 0.6) is 0 Å². The zero-order valence-electron chi connectivity index (χ0n) is 11.2. The van der Waals surface area contributed by atoms with Crippen molar-refractivity contribution in [2.45, 2.75) is 39.8 Å². The lowest BCUT2D eigenvalue weighted by atomic mass is 10.1. The molecule has 1 aromatic rings. The van der Waals surface area contributed by atoms with Crippen LogP contribution in [0.15, 0.2) is 18.2 Å². The molecular formula is C14H19N3O. The van der Waals surface area contributed by atoms with Crippen molar-refractivity contribution in [1.29, 1.82) is 5.26 Å². The number of anilines is 1. The van der Waals surface area contributed by atoms with Gasteiger partial charge >= 0.3 is 0 Å². The highest BCUT2D eigenvalue weighted by Crippen LogP contribution is 2.17. The van der Waals surface area contributed by atoms with Gasteiger partial charge in [0.25, 0.3) is 0 Å². The smallest absolute Gasteiger partial charge is 0.242 e. The first kappa shape index (κ1) is 14.0. The first-order chi connectivity index (χ1) is 8.43. The van der Waals surface area contributed by atoms with Gasteiger partial charge in [0.05, 0.1) is 11.3 Å². The Morgan fingerprint density at radius 2 is 2.00 bits per heavy atom. The molecule has 4 heteroatoms. The van der Waals surface area contributed by atoms with Gasteiger partial charge in [0.1, 0.15) is 12.1 Å². The fraction of sp³-hybridized carbons (Fsp3) is 0.429. The topological polar surface area (TPSA) is 64.9 Å². The molecule has 96 valence electrons. The van der Waals surface area contributed by atoms with Gasteiger partial charge in [-0.1, -0.05) is 6.07 Å². The third kappa shape index (κ3) is 3.77. The van der Waals surface area contributed by atoms with Crippen LogP contribution in [0, 0.1) is 18.3 Å². The summed E-state index contributed by atoms with van der Waals surface area (Å²) in [5, 5.41) is 14.9. The molecule has 1 atom stereocenters. The van der Waals surface area contributed by atoms with E-state index in [0.717, 1.165) is 5.56 Å². The predicted molar refractivity (Wildman–Crippen MR) is 72.3 cm³/mol. The van der Waals surface area contributed by atoms with Crippen LogP contribution >= 0.6 is 0 Å². The number of hydrogen-bond acceptors (Lipinski definition) is 3. The summed E-state index contributed by atoms with van der Waals surface area (Å²) in [6, 6.07) is 7.40. The Labute approximate surface area is 108 Å². The second kappa shape index (κ2) is 6.06. The largest absolute Gasteiger partial charge is 0.373 e. The molecule has 0 bridgehead atoms. The van der Waals surface area contributed by atoms with E-state index in [4.69, 9.17) is 5.26 Å². The van der Waals surface area contributed by atoms with Crippen molar-refractivity contribution in [1.82, 2.24) is 5.32 Å². The van der Waals surface area contributed by atoms with E-state index in [-0.39, 0.29) is 18.0 Å². The van der Waals surface area contributed by atoms with E-state index in [1.165, 1.54) is 0 Å². The lowest BCUT2D eigenvalue weighted by molar-refractivity contribution is -0.122. The molecule has 0 aromatic heterocycles. The van der Waals surface area contributed by atoms with Gasteiger partial charge in [-0.3, -0.25) is 4.79 Å². The van der Waals surface area contributed by atoms with E-state index in [1.54, 1.807) is 13.0 Å². The van der Waals surface area contributed by atoms with E-state index in [9.17, 15) is 4.79 Å². The van der Waals surface area contributed by atoms with Crippen LogP contribution in [-0.4, -0.2) is 18.0 Å². The first-order valence-electron chi connectivity index (χ1n) is 6.01. The standard InChI is InChI=1S/C14H19N3O/c1-9(2)16-14(18)11(4)17-13-6-5-10(3)7-12(13)8-15/h5-7,9,11,17H,1-4H3,(H,16,18). The van der Waals surface area contributed by atoms with Crippen molar-refractivity contribution in [3.8, 4) is 6.07 Å². The molecule has 1 rings (SSSR count). The number of nitriles is 1. The van der Waals surface area contributed by atoms with Crippen LogP contribution in [-0.2, 0) is 4.79 Å². The number of rotatable bonds is 4. The van der Waals surface area contributed by atoms with Crippen molar-refractivity contribution in [2.24, 2.45) is 0 Å². The Balaban J connectivity index is 2.79. The van der Waals surface area contributed by atoms with Crippen LogP contribution in [0.1, 0.15) is 31.9 Å². The van der Waals surface area contributed by atoms with Crippen molar-refractivity contribution in [3.63, 3.8) is 0 Å². The molecule has 0 aliphatic carbocycles. The number of aryl methyl sites for hydroxylation is 1. The fourth-order valence-electron chi connectivity index (χ4n) is 1.58. The number of carbonyl (C=O) groups is 1. The molecule has 0 aliphatic heterocycles. The molecule has 18 heavy (non-hydrogen) atoms. The molecule has 4 nitrogen and oxygen atoms in total. The maximum absolute atomic E-state index is 11.8. The number of nitrogens with one attached hydrogen (secondary N) is 2. The van der Waals surface area contributed by atoms with Crippen LogP contribution < -0.4 is 10.6 Å². The monoisotopic (exact) mass is 245 g/mol. The summed E-state index contributed by atoms with van der Waals surface area (Å²) in [5.41, 5.74) is 2.27. The zero-order chi connectivity index (χ0) is 13.7. The van der Waals surface area contributed by atoms with Gasteiger partial charge in [-0.05, 0) is 45.4 Å². The van der Waals surface area contributed by atoms with E-state index in [0.29, 0.717) is 11.3 Å². The molecule has 0 saturated heterocycles. The van der Waals surface area contributed by atoms with Crippen LogP contribution in [0.25, 0.3) is 0 Å². The molecule has 0 heterocycles. The Kier molecular flexibility index (Phi) is 4.73. The number of carbonyl (C=O) groups excluding carboxylic acids is 1. The average molecular weight is 245 g/mol. The Bertz CT molecular complexity index is 474. The van der Waals surface area contributed by atoms with Gasteiger partial charge in [-0.25, -0.2) is 0 Å². The summed E-state index contributed by atoms with van der Waals surface area (Å²) in [5.74, 6) is -0.0746. The summed E-state index contributed by atoms with van der Waals surface area (Å²) in [7, 11) is 0. The van der Waals surface area contributed by atoms with Crippen LogP contribution in [0.3, 0.4) is 0 Å². The number of hydrogen-bond donors (Lipinski definition) is 2. The summed E-state index contributed by atoms with van der Waals surface area (Å²) < 4.78 is 0. The van der Waals surface area contributed by atoms with Gasteiger partial charge in [0.15, 0.2) is 0 Å². The van der Waals surface area contributed by atoms with Gasteiger partial charge < -0.3 is 10.6 Å². The first-order valence-corrected chi connectivity index (χ1v) is 6.01. The summed E-state index contributed by atoms with van der Waals surface area (Å²) in [4.78, 5) is 11.8. The number of benzene rings is 1. The van der Waals surface area contributed by atoms with Crippen molar-refractivity contribution < 1.29 is 4.79 Å². The summed E-state index contributed by atoms with van der Waals surface area (Å²) in [6.07, 6.45) is 0. The summed E-state index contributed by atoms with van der Waals surface area (Å²) in [6.45, 7) is 7.53. The zero-order valence-corrected chi connectivity index (χ0v) is 11.2. The van der Waals surface area contributed by atoms with Gasteiger partial charge in [-0.2, -0.15) is 5.26 Å². The second-order valence-corrected chi connectivity index (χ2v) is 4.69. The molecule has 0 radical (unpaired) electrons. The average Bonchev–Trinajstić information content (AvgIpc) is 2.30. The van der Waals surface area contributed by atoms with E-state index in [1.807, 2.05) is 32.9 Å². The highest BCUT2D eigenvalue weighted by molar-refractivity contribution is 5.84. The highest BCUT2D eigenvalue weighted by Gasteiger charge is 2.14. The van der Waals surface area contributed by atoms with Gasteiger partial charge in [0.2, 0.25) is 5.91 Å². The fourth-order valence-corrected chi connectivity index (χ4v) is 1.58. The Morgan fingerprint density at radius 1 is 1.33 bits per heavy atom. The van der Waals surface area contributed by atoms with Crippen LogP contribution in [0.4, 0.5) is 5.69 Å². The van der Waals surface area contributed by atoms with E-state index in [2.05, 4.69) is 16.7 Å². The maximum Gasteiger partial charge on any atom is 0.242 e. The second-order valence-electron chi connectivity index (χ2n) is 4.69. The van der Waals surface area contributed by atoms with E-state index < -0.39 is 0 Å². The van der Waals surface area contributed by atoms with Crippen LogP contribution in [0.2, 0.25) is 0 Å². The number of amides is 1. The highest BCUT2D eigenvalue weighted by atomic mass is 16.2. The predicted octanol–water partition coefficient (Wildman–Crippen LogP) is 2.19. The third-order valence-electron chi connectivity index (χ3n) is 2.49. The van der Waals surface area contributed by atoms with Gasteiger partial charge in [-0.15, -0.1) is 0 Å². The minimum absolute atomic E-state index is 0.0746. The summed E-state index contributed by atoms with van der Waals surface area (Å²) >= 11 is 0. The Hall–Kier alpha value is -2.02. The molecule has 1 unspecified atom stereocenters. The van der Waals surface area contributed by atoms with Crippen molar-refractivity contribution in [2.75, 3.05) is 5.32 Å². The molecule has 0 aliphatic rings. The van der Waals surface area contributed by atoms with Crippen molar-refractivity contribution in [3.05, 3.63) is 29.3 Å². The van der Waals surface area contributed by atoms with E-state index >= 15 is 0 Å². The third-order valence-corrected chi connectivity index (χ3v) is 2.49. The quantitative estimate of drug-likeness (QED) is 0.854.